The third-order valence-electron chi connectivity index (χ3n) is 4.51. The first kappa shape index (κ1) is 19.0. The minimum atomic E-state index is -0.342. The van der Waals surface area contributed by atoms with E-state index >= 15 is 0 Å². The highest BCUT2D eigenvalue weighted by Gasteiger charge is 2.34. The van der Waals surface area contributed by atoms with Crippen molar-refractivity contribution >= 4 is 5.91 Å². The van der Waals surface area contributed by atoms with Crippen LogP contribution in [0.1, 0.15) is 54.7 Å². The zero-order valence-electron chi connectivity index (χ0n) is 16.5. The molecular weight excluding hydrogens is 338 g/mol. The van der Waals surface area contributed by atoms with Crippen molar-refractivity contribution in [1.29, 1.82) is 0 Å². The molecule has 2 aromatic rings. The second kappa shape index (κ2) is 7.47. The predicted molar refractivity (Wildman–Crippen MR) is 107 cm³/mol. The molecule has 0 saturated carbocycles. The number of hydrogen-bond donors (Lipinski definition) is 1. The Hall–Kier alpha value is -2.75. The van der Waals surface area contributed by atoms with Crippen LogP contribution in [0.2, 0.25) is 0 Å². The molecule has 0 radical (unpaired) electrons. The van der Waals surface area contributed by atoms with Crippen LogP contribution in [0.25, 0.3) is 0 Å². The van der Waals surface area contributed by atoms with Crippen molar-refractivity contribution in [1.82, 2.24) is 5.32 Å². The minimum absolute atomic E-state index is 0.100. The Balaban J connectivity index is 1.80. The van der Waals surface area contributed by atoms with E-state index in [4.69, 9.17) is 9.47 Å². The molecule has 1 aliphatic rings. The Kier molecular flexibility index (Phi) is 5.26. The zero-order chi connectivity index (χ0) is 19.6. The van der Waals surface area contributed by atoms with Crippen LogP contribution in [0.5, 0.6) is 11.5 Å². The number of amides is 1. The van der Waals surface area contributed by atoms with Crippen molar-refractivity contribution in [2.75, 3.05) is 6.61 Å². The summed E-state index contributed by atoms with van der Waals surface area (Å²) in [6.07, 6.45) is 0.709. The summed E-state index contributed by atoms with van der Waals surface area (Å²) in [5.41, 5.74) is 3.32. The second-order valence-electron chi connectivity index (χ2n) is 7.91. The summed E-state index contributed by atoms with van der Waals surface area (Å²) in [7, 11) is 0. The number of nitrogens with one attached hydrogen (secondary N) is 1. The van der Waals surface area contributed by atoms with Gasteiger partial charge >= 0.3 is 0 Å². The summed E-state index contributed by atoms with van der Waals surface area (Å²) < 4.78 is 11.8. The van der Waals surface area contributed by atoms with E-state index in [1.807, 2.05) is 58.0 Å². The number of carbonyl (C=O) groups is 1. The Morgan fingerprint density at radius 1 is 1.30 bits per heavy atom. The predicted octanol–water partition coefficient (Wildman–Crippen LogP) is 4.98. The number of hydrogen-bond acceptors (Lipinski definition) is 3. The summed E-state index contributed by atoms with van der Waals surface area (Å²) in [6, 6.07) is 13.2. The quantitative estimate of drug-likeness (QED) is 0.760. The largest absolute Gasteiger partial charge is 0.489 e. The topological polar surface area (TPSA) is 47.6 Å². The molecule has 0 aliphatic carbocycles. The van der Waals surface area contributed by atoms with Crippen LogP contribution >= 0.6 is 0 Å². The molecule has 1 aliphatic heterocycles. The molecule has 1 heterocycles. The summed E-state index contributed by atoms with van der Waals surface area (Å²) >= 11 is 0. The van der Waals surface area contributed by atoms with Gasteiger partial charge in [-0.25, -0.2) is 0 Å². The maximum Gasteiger partial charge on any atom is 0.251 e. The van der Waals surface area contributed by atoms with E-state index in [0.29, 0.717) is 24.3 Å². The highest BCUT2D eigenvalue weighted by Crippen LogP contribution is 2.40. The fourth-order valence-electron chi connectivity index (χ4n) is 3.26. The van der Waals surface area contributed by atoms with Crippen LogP contribution in [-0.4, -0.2) is 18.1 Å². The maximum absolute atomic E-state index is 12.9. The van der Waals surface area contributed by atoms with E-state index in [2.05, 4.69) is 11.9 Å². The summed E-state index contributed by atoms with van der Waals surface area (Å²) in [4.78, 5) is 12.9. The van der Waals surface area contributed by atoms with Gasteiger partial charge in [0.25, 0.3) is 5.91 Å². The number of fused-ring (bicyclic) bond motifs is 1. The summed E-state index contributed by atoms with van der Waals surface area (Å²) in [5.74, 6) is 1.38. The van der Waals surface area contributed by atoms with Crippen LogP contribution in [0.15, 0.2) is 54.6 Å². The van der Waals surface area contributed by atoms with Crippen molar-refractivity contribution < 1.29 is 14.3 Å². The fourth-order valence-corrected chi connectivity index (χ4v) is 3.26. The standard InChI is InChI=1S/C23H27NO3/c1-15(2)14-26-18-8-6-7-17(12-18)22(25)24-20-13-23(4,5)27-21-11-16(3)9-10-19(20)21/h6-12,20H,1,13-14H2,2-5H3,(H,24,25)/t20-/m0/s1. The van der Waals surface area contributed by atoms with Gasteiger partial charge in [0.2, 0.25) is 0 Å². The molecule has 1 N–H and O–H groups in total. The molecular formula is C23H27NO3. The van der Waals surface area contributed by atoms with Crippen LogP contribution in [-0.2, 0) is 0 Å². The fraction of sp³-hybridized carbons (Fsp3) is 0.348. The Morgan fingerprint density at radius 2 is 2.07 bits per heavy atom. The molecule has 3 rings (SSSR count). The first-order valence-corrected chi connectivity index (χ1v) is 9.21. The van der Waals surface area contributed by atoms with Crippen LogP contribution in [0.3, 0.4) is 0 Å². The first-order chi connectivity index (χ1) is 12.7. The molecule has 4 heteroatoms. The Morgan fingerprint density at radius 3 is 2.81 bits per heavy atom. The lowest BCUT2D eigenvalue weighted by atomic mass is 9.89. The normalized spacial score (nSPS) is 17.4. The van der Waals surface area contributed by atoms with Crippen molar-refractivity contribution in [2.45, 2.75) is 45.8 Å². The highest BCUT2D eigenvalue weighted by atomic mass is 16.5. The lowest BCUT2D eigenvalue weighted by Gasteiger charge is -2.38. The second-order valence-corrected chi connectivity index (χ2v) is 7.91. The van der Waals surface area contributed by atoms with Crippen LogP contribution < -0.4 is 14.8 Å². The lowest BCUT2D eigenvalue weighted by molar-refractivity contribution is 0.0619. The highest BCUT2D eigenvalue weighted by molar-refractivity contribution is 5.94. The van der Waals surface area contributed by atoms with Crippen molar-refractivity contribution in [3.8, 4) is 11.5 Å². The monoisotopic (exact) mass is 365 g/mol. The van der Waals surface area contributed by atoms with Crippen molar-refractivity contribution in [2.24, 2.45) is 0 Å². The van der Waals surface area contributed by atoms with Gasteiger partial charge in [-0.15, -0.1) is 0 Å². The maximum atomic E-state index is 12.9. The number of ether oxygens (including phenoxy) is 2. The van der Waals surface area contributed by atoms with Gasteiger partial charge in [-0.05, 0) is 63.1 Å². The molecule has 0 aromatic heterocycles. The number of carbonyl (C=O) groups excluding carboxylic acids is 1. The third-order valence-corrected chi connectivity index (χ3v) is 4.51. The van der Waals surface area contributed by atoms with Crippen molar-refractivity contribution in [3.05, 3.63) is 71.3 Å². The number of aryl methyl sites for hydroxylation is 1. The van der Waals surface area contributed by atoms with Gasteiger partial charge in [-0.3, -0.25) is 4.79 Å². The lowest BCUT2D eigenvalue weighted by Crippen LogP contribution is -2.41. The van der Waals surface area contributed by atoms with E-state index in [-0.39, 0.29) is 17.6 Å². The van der Waals surface area contributed by atoms with Gasteiger partial charge in [-0.2, -0.15) is 0 Å². The zero-order valence-corrected chi connectivity index (χ0v) is 16.5. The molecule has 0 fully saturated rings. The molecule has 0 bridgehead atoms. The molecule has 2 aromatic carbocycles. The van der Waals surface area contributed by atoms with E-state index in [1.54, 1.807) is 12.1 Å². The van der Waals surface area contributed by atoms with Crippen LogP contribution in [0, 0.1) is 6.92 Å². The molecule has 0 unspecified atom stereocenters. The van der Waals surface area contributed by atoms with Gasteiger partial charge < -0.3 is 14.8 Å². The molecule has 0 saturated heterocycles. The Bertz CT molecular complexity index is 870. The van der Waals surface area contributed by atoms with E-state index in [0.717, 1.165) is 22.4 Å². The average Bonchev–Trinajstić information content (AvgIpc) is 2.58. The summed E-state index contributed by atoms with van der Waals surface area (Å²) in [6.45, 7) is 12.3. The SMILES string of the molecule is C=C(C)COc1cccc(C(=O)N[C@H]2CC(C)(C)Oc3cc(C)ccc32)c1. The summed E-state index contributed by atoms with van der Waals surface area (Å²) in [5, 5.41) is 3.17. The van der Waals surface area contributed by atoms with Gasteiger partial charge in [0.15, 0.2) is 0 Å². The molecule has 1 atom stereocenters. The number of rotatable bonds is 5. The smallest absolute Gasteiger partial charge is 0.251 e. The third kappa shape index (κ3) is 4.70. The molecule has 142 valence electrons. The van der Waals surface area contributed by atoms with Gasteiger partial charge in [0.1, 0.15) is 23.7 Å². The van der Waals surface area contributed by atoms with E-state index < -0.39 is 0 Å². The minimum Gasteiger partial charge on any atom is -0.489 e. The first-order valence-electron chi connectivity index (χ1n) is 9.21. The molecule has 4 nitrogen and oxygen atoms in total. The molecule has 0 spiro atoms. The Labute approximate surface area is 161 Å². The molecule has 27 heavy (non-hydrogen) atoms. The van der Waals surface area contributed by atoms with Gasteiger partial charge in [0, 0.05) is 17.5 Å². The average molecular weight is 365 g/mol. The van der Waals surface area contributed by atoms with Gasteiger partial charge in [-0.1, -0.05) is 24.8 Å². The van der Waals surface area contributed by atoms with E-state index in [9.17, 15) is 4.79 Å². The molecule has 1 amide bonds. The van der Waals surface area contributed by atoms with Crippen molar-refractivity contribution in [3.63, 3.8) is 0 Å². The van der Waals surface area contributed by atoms with Crippen LogP contribution in [0.4, 0.5) is 0 Å². The van der Waals surface area contributed by atoms with Gasteiger partial charge in [0.05, 0.1) is 6.04 Å². The van der Waals surface area contributed by atoms with E-state index in [1.165, 1.54) is 0 Å². The number of benzene rings is 2.